The Balaban J connectivity index is 3.27. The van der Waals surface area contributed by atoms with Gasteiger partial charge < -0.3 is 5.32 Å². The molecule has 0 heterocycles. The summed E-state index contributed by atoms with van der Waals surface area (Å²) in [5.74, 6) is -1.03. The van der Waals surface area contributed by atoms with E-state index in [1.165, 1.54) is 32.2 Å². The maximum Gasteiger partial charge on any atom is 0.243 e. The summed E-state index contributed by atoms with van der Waals surface area (Å²) >= 11 is 0. The highest BCUT2D eigenvalue weighted by atomic mass is 32.2. The summed E-state index contributed by atoms with van der Waals surface area (Å²) in [6.45, 7) is 1.44. The van der Waals surface area contributed by atoms with Crippen molar-refractivity contribution in [2.75, 3.05) is 17.6 Å². The van der Waals surface area contributed by atoms with E-state index in [1.54, 1.807) is 0 Å². The number of amides is 1. The number of nitrogens with one attached hydrogen (secondary N) is 1. The number of carbonyl (C=O) groups excluding carboxylic acids is 1. The topological polar surface area (TPSA) is 66.5 Å². The van der Waals surface area contributed by atoms with Crippen LogP contribution in [-0.4, -0.2) is 33.7 Å². The molecule has 1 amide bonds. The molecule has 100 valence electrons. The van der Waals surface area contributed by atoms with E-state index in [1.807, 2.05) is 0 Å². The lowest BCUT2D eigenvalue weighted by atomic mass is 10.2. The van der Waals surface area contributed by atoms with Gasteiger partial charge in [0.15, 0.2) is 0 Å². The highest BCUT2D eigenvalue weighted by molar-refractivity contribution is 7.92. The second kappa shape index (κ2) is 5.34. The minimum atomic E-state index is -3.68. The van der Waals surface area contributed by atoms with Crippen molar-refractivity contribution in [3.63, 3.8) is 0 Å². The fourth-order valence-electron chi connectivity index (χ4n) is 1.63. The van der Waals surface area contributed by atoms with E-state index in [2.05, 4.69) is 5.32 Å². The van der Waals surface area contributed by atoms with Crippen molar-refractivity contribution < 1.29 is 17.6 Å². The quantitative estimate of drug-likeness (QED) is 0.880. The van der Waals surface area contributed by atoms with Crippen molar-refractivity contribution in [2.24, 2.45) is 0 Å². The summed E-state index contributed by atoms with van der Waals surface area (Å²) in [7, 11) is -2.28. The molecule has 0 saturated carbocycles. The van der Waals surface area contributed by atoms with Crippen molar-refractivity contribution in [2.45, 2.75) is 13.0 Å². The molecule has 1 aromatic carbocycles. The molecule has 0 bridgehead atoms. The number of nitrogens with zero attached hydrogens (tertiary/aromatic N) is 1. The predicted molar refractivity (Wildman–Crippen MR) is 67.3 cm³/mol. The summed E-state index contributed by atoms with van der Waals surface area (Å²) in [5.41, 5.74) is 0.119. The number of likely N-dealkylation sites (N-methyl/N-ethyl adjacent to an activating group) is 1. The Kier molecular flexibility index (Phi) is 4.28. The molecule has 0 fully saturated rings. The summed E-state index contributed by atoms with van der Waals surface area (Å²) in [6, 6.07) is 4.14. The Morgan fingerprint density at radius 2 is 2.06 bits per heavy atom. The third-order valence-corrected chi connectivity index (χ3v) is 3.64. The lowest BCUT2D eigenvalue weighted by molar-refractivity contribution is -0.121. The Hall–Kier alpha value is -1.63. The van der Waals surface area contributed by atoms with Crippen molar-refractivity contribution in [1.82, 2.24) is 5.32 Å². The first-order valence-electron chi connectivity index (χ1n) is 5.24. The van der Waals surface area contributed by atoms with E-state index in [0.29, 0.717) is 0 Å². The van der Waals surface area contributed by atoms with Gasteiger partial charge >= 0.3 is 0 Å². The molecule has 0 aliphatic rings. The third kappa shape index (κ3) is 3.19. The number of hydrogen-bond acceptors (Lipinski definition) is 3. The van der Waals surface area contributed by atoms with Crippen molar-refractivity contribution >= 4 is 21.6 Å². The molecule has 18 heavy (non-hydrogen) atoms. The van der Waals surface area contributed by atoms with Crippen LogP contribution in [0.15, 0.2) is 24.3 Å². The van der Waals surface area contributed by atoms with Crippen LogP contribution in [0.5, 0.6) is 0 Å². The number of carbonyl (C=O) groups is 1. The van der Waals surface area contributed by atoms with Gasteiger partial charge in [-0.2, -0.15) is 0 Å². The van der Waals surface area contributed by atoms with E-state index in [4.69, 9.17) is 0 Å². The molecule has 0 aliphatic heterocycles. The molecule has 0 aliphatic carbocycles. The van der Waals surface area contributed by atoms with Crippen LogP contribution >= 0.6 is 0 Å². The van der Waals surface area contributed by atoms with Gasteiger partial charge in [-0.25, -0.2) is 12.8 Å². The first-order chi connectivity index (χ1) is 8.27. The van der Waals surface area contributed by atoms with Gasteiger partial charge in [-0.15, -0.1) is 0 Å². The van der Waals surface area contributed by atoms with Crippen LogP contribution in [0.1, 0.15) is 6.92 Å². The normalized spacial score (nSPS) is 12.9. The highest BCUT2D eigenvalue weighted by Crippen LogP contribution is 2.21. The first-order valence-corrected chi connectivity index (χ1v) is 7.08. The maximum absolute atomic E-state index is 13.1. The first kappa shape index (κ1) is 14.4. The average molecular weight is 274 g/mol. The Morgan fingerprint density at radius 1 is 1.44 bits per heavy atom. The molecule has 0 aromatic heterocycles. The predicted octanol–water partition coefficient (Wildman–Crippen LogP) is 0.726. The number of anilines is 1. The molecule has 1 aromatic rings. The van der Waals surface area contributed by atoms with Crippen molar-refractivity contribution in [3.05, 3.63) is 30.1 Å². The van der Waals surface area contributed by atoms with Gasteiger partial charge in [0.05, 0.1) is 11.9 Å². The smallest absolute Gasteiger partial charge is 0.243 e. The van der Waals surface area contributed by atoms with E-state index in [-0.39, 0.29) is 5.69 Å². The number of hydrogen-bond donors (Lipinski definition) is 1. The van der Waals surface area contributed by atoms with E-state index >= 15 is 0 Å². The van der Waals surface area contributed by atoms with Crippen LogP contribution in [0.3, 0.4) is 0 Å². The molecule has 0 radical (unpaired) electrons. The zero-order chi connectivity index (χ0) is 13.9. The van der Waals surface area contributed by atoms with Crippen LogP contribution < -0.4 is 9.62 Å². The molecule has 0 spiro atoms. The molecule has 1 atom stereocenters. The number of benzene rings is 1. The molecule has 5 nitrogen and oxygen atoms in total. The fraction of sp³-hybridized carbons (Fsp3) is 0.364. The number of halogens is 1. The maximum atomic E-state index is 13.1. The lowest BCUT2D eigenvalue weighted by Gasteiger charge is -2.27. The second-order valence-corrected chi connectivity index (χ2v) is 5.69. The van der Waals surface area contributed by atoms with Crippen LogP contribution in [0.4, 0.5) is 10.1 Å². The third-order valence-electron chi connectivity index (χ3n) is 2.40. The molecule has 1 N–H and O–H groups in total. The van der Waals surface area contributed by atoms with Crippen LogP contribution in [-0.2, 0) is 14.8 Å². The van der Waals surface area contributed by atoms with E-state index in [9.17, 15) is 17.6 Å². The zero-order valence-electron chi connectivity index (χ0n) is 10.3. The number of sulfonamides is 1. The molecule has 1 rings (SSSR count). The monoisotopic (exact) mass is 274 g/mol. The summed E-state index contributed by atoms with van der Waals surface area (Å²) < 4.78 is 37.5. The van der Waals surface area contributed by atoms with E-state index < -0.39 is 27.8 Å². The summed E-state index contributed by atoms with van der Waals surface area (Å²) in [4.78, 5) is 11.5. The fourth-order valence-corrected chi connectivity index (χ4v) is 2.80. The van der Waals surface area contributed by atoms with Crippen LogP contribution in [0.25, 0.3) is 0 Å². The average Bonchev–Trinajstić information content (AvgIpc) is 2.26. The SMILES string of the molecule is CNC(=O)[C@H](C)N(c1cccc(F)c1)S(C)(=O)=O. The van der Waals surface area contributed by atoms with Crippen molar-refractivity contribution in [3.8, 4) is 0 Å². The Bertz CT molecular complexity index is 545. The van der Waals surface area contributed by atoms with Crippen LogP contribution in [0, 0.1) is 5.82 Å². The minimum absolute atomic E-state index is 0.119. The van der Waals surface area contributed by atoms with Gasteiger partial charge in [-0.05, 0) is 25.1 Å². The van der Waals surface area contributed by atoms with Gasteiger partial charge in [0.1, 0.15) is 11.9 Å². The van der Waals surface area contributed by atoms with Gasteiger partial charge in [-0.3, -0.25) is 9.10 Å². The molecular weight excluding hydrogens is 259 g/mol. The summed E-state index contributed by atoms with van der Waals surface area (Å²) in [6.07, 6.45) is 0.970. The zero-order valence-corrected chi connectivity index (χ0v) is 11.2. The minimum Gasteiger partial charge on any atom is -0.357 e. The molecule has 0 saturated heterocycles. The Labute approximate surface area is 106 Å². The molecule has 0 unspecified atom stereocenters. The Morgan fingerprint density at radius 3 is 2.50 bits per heavy atom. The van der Waals surface area contributed by atoms with Crippen molar-refractivity contribution in [1.29, 1.82) is 0 Å². The largest absolute Gasteiger partial charge is 0.357 e. The number of rotatable bonds is 4. The standard InChI is InChI=1S/C11H15FN2O3S/c1-8(11(15)13-2)14(18(3,16)17)10-6-4-5-9(12)7-10/h4-8H,1-3H3,(H,13,15)/t8-/m0/s1. The molecule has 7 heteroatoms. The molecular formula is C11H15FN2O3S. The highest BCUT2D eigenvalue weighted by Gasteiger charge is 2.28. The van der Waals surface area contributed by atoms with E-state index in [0.717, 1.165) is 16.6 Å². The van der Waals surface area contributed by atoms with Gasteiger partial charge in [0.25, 0.3) is 0 Å². The van der Waals surface area contributed by atoms with Crippen LogP contribution in [0.2, 0.25) is 0 Å². The van der Waals surface area contributed by atoms with Gasteiger partial charge in [-0.1, -0.05) is 6.07 Å². The lowest BCUT2D eigenvalue weighted by Crippen LogP contribution is -2.47. The van der Waals surface area contributed by atoms with Gasteiger partial charge in [0.2, 0.25) is 15.9 Å². The van der Waals surface area contributed by atoms with Gasteiger partial charge in [0, 0.05) is 7.05 Å². The second-order valence-electron chi connectivity index (χ2n) is 3.83. The summed E-state index contributed by atoms with van der Waals surface area (Å²) in [5, 5.41) is 2.36.